The van der Waals surface area contributed by atoms with Crippen LogP contribution in [0.5, 0.6) is 11.5 Å². The highest BCUT2D eigenvalue weighted by atomic mass is 32.2. The van der Waals surface area contributed by atoms with Crippen molar-refractivity contribution in [3.63, 3.8) is 0 Å². The average Bonchev–Trinajstić information content (AvgIpc) is 2.82. The van der Waals surface area contributed by atoms with Gasteiger partial charge in [-0.05, 0) is 49.2 Å². The monoisotopic (exact) mass is 490 g/mol. The lowest BCUT2D eigenvalue weighted by Crippen LogP contribution is -2.57. The molecular formula is C24H30N2O7S. The van der Waals surface area contributed by atoms with Gasteiger partial charge in [-0.1, -0.05) is 18.2 Å². The van der Waals surface area contributed by atoms with Gasteiger partial charge in [-0.25, -0.2) is 8.42 Å². The molecule has 184 valence electrons. The van der Waals surface area contributed by atoms with Crippen LogP contribution in [-0.4, -0.2) is 74.9 Å². The molecule has 9 nitrogen and oxygen atoms in total. The molecule has 0 aliphatic carbocycles. The number of nitrogens with one attached hydrogen (secondary N) is 1. The van der Waals surface area contributed by atoms with Gasteiger partial charge in [0.05, 0.1) is 48.9 Å². The molecule has 2 fully saturated rings. The van der Waals surface area contributed by atoms with Crippen LogP contribution in [0.4, 0.5) is 0 Å². The van der Waals surface area contributed by atoms with E-state index in [-0.39, 0.29) is 43.1 Å². The Labute approximate surface area is 199 Å². The number of rotatable bonds is 6. The standard InChI is InChI=1S/C24H30N2O7S/c1-25-24(28)13-20-9-12-22-23(33-20)16-31-15-17(27)14-26(22)34(29,30)21-10-7-19(8-11-21)32-18-5-3-2-4-6-18/h2-8,10-11,17,20,22-23,27H,9,12-16H2,1H3,(H,25,28)/t17-,20+,22+,23-/m1/s1. The van der Waals surface area contributed by atoms with Crippen molar-refractivity contribution in [2.45, 2.75) is 48.5 Å². The Morgan fingerprint density at radius 2 is 1.79 bits per heavy atom. The van der Waals surface area contributed by atoms with Gasteiger partial charge in [-0.2, -0.15) is 4.31 Å². The molecule has 2 aromatic rings. The number of amides is 1. The number of sulfonamides is 1. The van der Waals surface area contributed by atoms with Crippen LogP contribution in [-0.2, 0) is 24.3 Å². The lowest BCUT2D eigenvalue weighted by Gasteiger charge is -2.43. The number of fused-ring (bicyclic) bond motifs is 1. The molecule has 2 aliphatic heterocycles. The summed E-state index contributed by atoms with van der Waals surface area (Å²) in [6, 6.07) is 14.9. The third-order valence-corrected chi connectivity index (χ3v) is 7.94. The second-order valence-electron chi connectivity index (χ2n) is 8.47. The number of ether oxygens (including phenoxy) is 3. The maximum atomic E-state index is 13.6. The molecule has 4 rings (SSSR count). The zero-order valence-electron chi connectivity index (χ0n) is 19.0. The first kappa shape index (κ1) is 24.6. The smallest absolute Gasteiger partial charge is 0.243 e. The Balaban J connectivity index is 1.54. The van der Waals surface area contributed by atoms with Crippen LogP contribution < -0.4 is 10.1 Å². The number of hydrogen-bond acceptors (Lipinski definition) is 7. The SMILES string of the molecule is CNC(=O)C[C@@H]1CC[C@H]2[C@@H](COC[C@H](O)CN2S(=O)(=O)c2ccc(Oc3ccccc3)cc2)O1. The van der Waals surface area contributed by atoms with Crippen LogP contribution in [0.15, 0.2) is 59.5 Å². The molecule has 34 heavy (non-hydrogen) atoms. The first-order chi connectivity index (χ1) is 16.4. The van der Waals surface area contributed by atoms with Crippen molar-refractivity contribution in [1.29, 1.82) is 0 Å². The van der Waals surface area contributed by atoms with Crippen molar-refractivity contribution in [2.24, 2.45) is 0 Å². The van der Waals surface area contributed by atoms with E-state index in [2.05, 4.69) is 5.32 Å². The van der Waals surface area contributed by atoms with E-state index in [1.54, 1.807) is 19.2 Å². The summed E-state index contributed by atoms with van der Waals surface area (Å²) in [6.45, 7) is 0.0413. The fourth-order valence-electron chi connectivity index (χ4n) is 4.32. The summed E-state index contributed by atoms with van der Waals surface area (Å²) in [7, 11) is -2.37. The first-order valence-electron chi connectivity index (χ1n) is 11.3. The molecular weight excluding hydrogens is 460 g/mol. The van der Waals surface area contributed by atoms with Gasteiger partial charge >= 0.3 is 0 Å². The average molecular weight is 491 g/mol. The highest BCUT2D eigenvalue weighted by molar-refractivity contribution is 7.89. The van der Waals surface area contributed by atoms with E-state index in [9.17, 15) is 18.3 Å². The summed E-state index contributed by atoms with van der Waals surface area (Å²) < 4.78 is 46.0. The fraction of sp³-hybridized carbons (Fsp3) is 0.458. The number of nitrogens with zero attached hydrogens (tertiary/aromatic N) is 1. The minimum absolute atomic E-state index is 0.00255. The maximum Gasteiger partial charge on any atom is 0.243 e. The molecule has 0 unspecified atom stereocenters. The number of aliphatic hydroxyl groups excluding tert-OH is 1. The van der Waals surface area contributed by atoms with Crippen LogP contribution in [0, 0.1) is 0 Å². The second-order valence-corrected chi connectivity index (χ2v) is 10.4. The van der Waals surface area contributed by atoms with E-state index in [1.165, 1.54) is 16.4 Å². The number of β-amino-alcohol motifs (C(OH)–C–C–N with tert-alkyl or cyclic N) is 1. The molecule has 2 N–H and O–H groups in total. The van der Waals surface area contributed by atoms with Gasteiger partial charge in [0.1, 0.15) is 11.5 Å². The molecule has 2 aromatic carbocycles. The number of hydrogen-bond donors (Lipinski definition) is 2. The van der Waals surface area contributed by atoms with Crippen molar-refractivity contribution in [3.8, 4) is 11.5 Å². The predicted octanol–water partition coefficient (Wildman–Crippen LogP) is 1.91. The number of para-hydroxylation sites is 1. The van der Waals surface area contributed by atoms with Crippen LogP contribution in [0.3, 0.4) is 0 Å². The van der Waals surface area contributed by atoms with Crippen LogP contribution in [0.25, 0.3) is 0 Å². The number of carbonyl (C=O) groups is 1. The summed E-state index contributed by atoms with van der Waals surface area (Å²) >= 11 is 0. The molecule has 0 saturated carbocycles. The molecule has 2 aliphatic rings. The van der Waals surface area contributed by atoms with Gasteiger partial charge in [0.15, 0.2) is 0 Å². The largest absolute Gasteiger partial charge is 0.457 e. The fourth-order valence-corrected chi connectivity index (χ4v) is 6.04. The highest BCUT2D eigenvalue weighted by Crippen LogP contribution is 2.32. The molecule has 0 spiro atoms. The Hall–Kier alpha value is -2.50. The molecule has 0 bridgehead atoms. The molecule has 0 radical (unpaired) electrons. The van der Waals surface area contributed by atoms with Crippen molar-refractivity contribution in [1.82, 2.24) is 9.62 Å². The molecule has 4 atom stereocenters. The minimum atomic E-state index is -3.94. The van der Waals surface area contributed by atoms with Crippen molar-refractivity contribution < 1.29 is 32.5 Å². The topological polar surface area (TPSA) is 114 Å². The molecule has 2 heterocycles. The maximum absolute atomic E-state index is 13.6. The van der Waals surface area contributed by atoms with Crippen LogP contribution in [0.1, 0.15) is 19.3 Å². The first-order valence-corrected chi connectivity index (χ1v) is 12.8. The predicted molar refractivity (Wildman–Crippen MR) is 124 cm³/mol. The lowest BCUT2D eigenvalue weighted by molar-refractivity contribution is -0.146. The summed E-state index contributed by atoms with van der Waals surface area (Å²) in [5.41, 5.74) is 0. The van der Waals surface area contributed by atoms with Crippen LogP contribution >= 0.6 is 0 Å². The lowest BCUT2D eigenvalue weighted by atomic mass is 9.96. The summed E-state index contributed by atoms with van der Waals surface area (Å²) in [4.78, 5) is 11.9. The van der Waals surface area contributed by atoms with E-state index >= 15 is 0 Å². The van der Waals surface area contributed by atoms with E-state index in [1.807, 2.05) is 30.3 Å². The molecule has 2 saturated heterocycles. The Kier molecular flexibility index (Phi) is 7.84. The van der Waals surface area contributed by atoms with Gasteiger partial charge in [-0.15, -0.1) is 0 Å². The van der Waals surface area contributed by atoms with E-state index < -0.39 is 28.3 Å². The van der Waals surface area contributed by atoms with E-state index in [0.29, 0.717) is 24.3 Å². The normalized spacial score (nSPS) is 26.1. The van der Waals surface area contributed by atoms with Gasteiger partial charge in [0.25, 0.3) is 0 Å². The number of aliphatic hydroxyl groups is 1. The second kappa shape index (κ2) is 10.8. The van der Waals surface area contributed by atoms with Gasteiger partial charge in [0.2, 0.25) is 15.9 Å². The molecule has 0 aromatic heterocycles. The van der Waals surface area contributed by atoms with Gasteiger partial charge < -0.3 is 24.6 Å². The zero-order valence-corrected chi connectivity index (χ0v) is 19.8. The third-order valence-electron chi connectivity index (χ3n) is 6.03. The molecule has 1 amide bonds. The minimum Gasteiger partial charge on any atom is -0.457 e. The number of carbonyl (C=O) groups excluding carboxylic acids is 1. The Bertz CT molecular complexity index is 1060. The van der Waals surface area contributed by atoms with E-state index in [0.717, 1.165) is 0 Å². The Morgan fingerprint density at radius 3 is 2.50 bits per heavy atom. The molecule has 10 heteroatoms. The van der Waals surface area contributed by atoms with E-state index in [4.69, 9.17) is 14.2 Å². The highest BCUT2D eigenvalue weighted by Gasteiger charge is 2.43. The summed E-state index contributed by atoms with van der Waals surface area (Å²) in [6.07, 6.45) is -0.575. The Morgan fingerprint density at radius 1 is 1.09 bits per heavy atom. The van der Waals surface area contributed by atoms with Crippen molar-refractivity contribution >= 4 is 15.9 Å². The zero-order chi connectivity index (χ0) is 24.1. The van der Waals surface area contributed by atoms with Gasteiger partial charge in [-0.3, -0.25) is 4.79 Å². The van der Waals surface area contributed by atoms with Crippen molar-refractivity contribution in [2.75, 3.05) is 26.8 Å². The van der Waals surface area contributed by atoms with Gasteiger partial charge in [0, 0.05) is 13.6 Å². The quantitative estimate of drug-likeness (QED) is 0.636. The van der Waals surface area contributed by atoms with Crippen LogP contribution in [0.2, 0.25) is 0 Å². The summed E-state index contributed by atoms with van der Waals surface area (Å²) in [5.74, 6) is 1.04. The number of benzene rings is 2. The third kappa shape index (κ3) is 5.76. The van der Waals surface area contributed by atoms with Crippen molar-refractivity contribution in [3.05, 3.63) is 54.6 Å². The summed E-state index contributed by atoms with van der Waals surface area (Å²) in [5, 5.41) is 12.9.